The molecule has 2 amide bonds. The molecule has 0 saturated carbocycles. The number of nitrogens with zero attached hydrogens (tertiary/aromatic N) is 1. The van der Waals surface area contributed by atoms with E-state index in [0.717, 1.165) is 42.5 Å². The number of hydrogen-bond acceptors (Lipinski definition) is 9. The number of hydrazone groups is 1. The number of fused-ring (bicyclic) bond motifs is 1. The van der Waals surface area contributed by atoms with E-state index in [1.165, 1.54) is 29.9 Å². The van der Waals surface area contributed by atoms with Gasteiger partial charge in [0, 0.05) is 4.88 Å². The van der Waals surface area contributed by atoms with Crippen molar-refractivity contribution in [3.05, 3.63) is 70.0 Å². The third kappa shape index (κ3) is 6.50. The highest BCUT2D eigenvalue weighted by Crippen LogP contribution is 2.38. The number of ether oxygens (including phenoxy) is 2. The smallest absolute Gasteiger partial charge is 0.379 e. The highest BCUT2D eigenvalue weighted by Gasteiger charge is 2.27. The third-order valence-corrected chi connectivity index (χ3v) is 6.73. The molecule has 192 valence electrons. The molecule has 2 heterocycles. The molecular weight excluding hydrogens is 498 g/mol. The molecule has 1 aromatic carbocycles. The summed E-state index contributed by atoms with van der Waals surface area (Å²) >= 11 is 1.31. The number of carbonyl (C=O) groups is 4. The van der Waals surface area contributed by atoms with Crippen molar-refractivity contribution in [2.75, 3.05) is 11.9 Å². The number of anilines is 1. The van der Waals surface area contributed by atoms with Crippen molar-refractivity contribution < 1.29 is 33.1 Å². The summed E-state index contributed by atoms with van der Waals surface area (Å²) in [7, 11) is 0. The van der Waals surface area contributed by atoms with Gasteiger partial charge in [0.15, 0.2) is 0 Å². The summed E-state index contributed by atoms with van der Waals surface area (Å²) in [6.45, 7) is 1.92. The first kappa shape index (κ1) is 25.8. The van der Waals surface area contributed by atoms with Gasteiger partial charge in [-0.05, 0) is 80.1 Å². The Balaban J connectivity index is 1.35. The molecule has 0 aliphatic heterocycles. The van der Waals surface area contributed by atoms with Gasteiger partial charge in [-0.1, -0.05) is 6.42 Å². The first-order valence-electron chi connectivity index (χ1n) is 11.8. The zero-order valence-electron chi connectivity index (χ0n) is 20.1. The lowest BCUT2D eigenvalue weighted by molar-refractivity contribution is -0.136. The first-order valence-corrected chi connectivity index (χ1v) is 12.6. The van der Waals surface area contributed by atoms with Gasteiger partial charge in [0.05, 0.1) is 24.6 Å². The molecule has 0 bridgehead atoms. The minimum atomic E-state index is -0.987. The molecule has 0 saturated heterocycles. The van der Waals surface area contributed by atoms with Gasteiger partial charge in [-0.2, -0.15) is 5.10 Å². The van der Waals surface area contributed by atoms with Crippen LogP contribution in [0.4, 0.5) is 5.00 Å². The summed E-state index contributed by atoms with van der Waals surface area (Å²) in [5.41, 5.74) is 3.99. The lowest BCUT2D eigenvalue weighted by atomic mass is 10.1. The average Bonchev–Trinajstić information content (AvgIpc) is 3.48. The van der Waals surface area contributed by atoms with Gasteiger partial charge >= 0.3 is 23.8 Å². The van der Waals surface area contributed by atoms with E-state index >= 15 is 0 Å². The Morgan fingerprint density at radius 2 is 1.81 bits per heavy atom. The van der Waals surface area contributed by atoms with Crippen molar-refractivity contribution in [1.29, 1.82) is 0 Å². The molecule has 0 unspecified atom stereocenters. The van der Waals surface area contributed by atoms with Crippen molar-refractivity contribution in [2.24, 2.45) is 5.10 Å². The van der Waals surface area contributed by atoms with Crippen LogP contribution in [-0.4, -0.2) is 36.6 Å². The summed E-state index contributed by atoms with van der Waals surface area (Å²) in [6.07, 6.45) is 7.29. The highest BCUT2D eigenvalue weighted by molar-refractivity contribution is 7.17. The van der Waals surface area contributed by atoms with Gasteiger partial charge in [-0.25, -0.2) is 15.0 Å². The van der Waals surface area contributed by atoms with Gasteiger partial charge in [-0.15, -0.1) is 11.3 Å². The second-order valence-corrected chi connectivity index (χ2v) is 9.18. The largest absolute Gasteiger partial charge is 0.462 e. The van der Waals surface area contributed by atoms with Gasteiger partial charge in [-0.3, -0.25) is 9.59 Å². The molecule has 4 rings (SSSR count). The van der Waals surface area contributed by atoms with Crippen LogP contribution < -0.4 is 15.5 Å². The molecule has 0 fully saturated rings. The van der Waals surface area contributed by atoms with Crippen molar-refractivity contribution in [3.8, 4) is 5.75 Å². The SMILES string of the molecule is CCOC(=O)c1c(NC(=O)C(=O)NN=Cc2ccc(OC(=O)c3ccco3)cc2)sc2c1CCCCC2. The van der Waals surface area contributed by atoms with Gasteiger partial charge in [0.2, 0.25) is 5.76 Å². The van der Waals surface area contributed by atoms with Crippen molar-refractivity contribution in [3.63, 3.8) is 0 Å². The fourth-order valence-electron chi connectivity index (χ4n) is 3.80. The van der Waals surface area contributed by atoms with Crippen LogP contribution >= 0.6 is 11.3 Å². The fourth-order valence-corrected chi connectivity index (χ4v) is 5.07. The Kier molecular flexibility index (Phi) is 8.47. The normalized spacial score (nSPS) is 12.9. The number of benzene rings is 1. The topological polar surface area (TPSA) is 136 Å². The van der Waals surface area contributed by atoms with Gasteiger partial charge in [0.1, 0.15) is 10.8 Å². The molecule has 1 aliphatic carbocycles. The number of amides is 2. The van der Waals surface area contributed by atoms with Crippen LogP contribution in [0.15, 0.2) is 52.2 Å². The quantitative estimate of drug-likeness (QED) is 0.119. The van der Waals surface area contributed by atoms with E-state index in [4.69, 9.17) is 13.9 Å². The Morgan fingerprint density at radius 3 is 2.54 bits per heavy atom. The Hall–Kier alpha value is -4.25. The van der Waals surface area contributed by atoms with E-state index in [9.17, 15) is 19.2 Å². The molecular formula is C26H25N3O7S. The maximum Gasteiger partial charge on any atom is 0.379 e. The molecule has 2 aromatic heterocycles. The van der Waals surface area contributed by atoms with Crippen molar-refractivity contribution in [2.45, 2.75) is 39.0 Å². The molecule has 2 N–H and O–H groups in total. The van der Waals surface area contributed by atoms with Gasteiger partial charge < -0.3 is 19.2 Å². The Labute approximate surface area is 216 Å². The van der Waals surface area contributed by atoms with E-state index < -0.39 is 23.8 Å². The number of rotatable bonds is 7. The van der Waals surface area contributed by atoms with E-state index in [-0.39, 0.29) is 12.4 Å². The third-order valence-electron chi connectivity index (χ3n) is 5.53. The zero-order valence-corrected chi connectivity index (χ0v) is 20.9. The fraction of sp³-hybridized carbons (Fsp3) is 0.269. The summed E-state index contributed by atoms with van der Waals surface area (Å²) in [6, 6.07) is 9.41. The number of furan rings is 1. The second-order valence-electron chi connectivity index (χ2n) is 8.08. The Morgan fingerprint density at radius 1 is 1.03 bits per heavy atom. The van der Waals surface area contributed by atoms with Crippen molar-refractivity contribution >= 4 is 46.3 Å². The van der Waals surface area contributed by atoms with Crippen LogP contribution in [0.5, 0.6) is 5.75 Å². The van der Waals surface area contributed by atoms with E-state index in [2.05, 4.69) is 15.8 Å². The number of thiophene rings is 1. The lowest BCUT2D eigenvalue weighted by Gasteiger charge is -2.08. The van der Waals surface area contributed by atoms with Crippen molar-refractivity contribution in [1.82, 2.24) is 5.43 Å². The van der Waals surface area contributed by atoms with Crippen LogP contribution in [0, 0.1) is 0 Å². The predicted molar refractivity (Wildman–Crippen MR) is 136 cm³/mol. The summed E-state index contributed by atoms with van der Waals surface area (Å²) in [5, 5.41) is 6.67. The van der Waals surface area contributed by atoms with Gasteiger partial charge in [0.25, 0.3) is 0 Å². The minimum absolute atomic E-state index is 0.0826. The van der Waals surface area contributed by atoms with E-state index in [0.29, 0.717) is 21.9 Å². The number of esters is 2. The molecule has 0 spiro atoms. The van der Waals surface area contributed by atoms with E-state index in [1.54, 1.807) is 37.3 Å². The first-order chi connectivity index (χ1) is 18.0. The summed E-state index contributed by atoms with van der Waals surface area (Å²) < 4.78 is 15.4. The molecule has 37 heavy (non-hydrogen) atoms. The number of hydrogen-bond donors (Lipinski definition) is 2. The number of nitrogens with one attached hydrogen (secondary N) is 2. The van der Waals surface area contributed by atoms with Crippen LogP contribution in [0.2, 0.25) is 0 Å². The van der Waals surface area contributed by atoms with E-state index in [1.807, 2.05) is 0 Å². The molecule has 10 nitrogen and oxygen atoms in total. The monoisotopic (exact) mass is 523 g/mol. The standard InChI is InChI=1S/C26H25N3O7S/c1-2-34-26(33)21-18-7-4-3-5-9-20(18)37-24(21)28-22(30)23(31)29-27-15-16-10-12-17(13-11-16)36-25(32)19-8-6-14-35-19/h6,8,10-15H,2-5,7,9H2,1H3,(H,28,30)(H,29,31). The maximum absolute atomic E-state index is 12.6. The molecule has 1 aliphatic rings. The highest BCUT2D eigenvalue weighted by atomic mass is 32.1. The number of carbonyl (C=O) groups excluding carboxylic acids is 4. The van der Waals surface area contributed by atoms with Crippen LogP contribution in [-0.2, 0) is 27.2 Å². The Bertz CT molecular complexity index is 1310. The maximum atomic E-state index is 12.6. The molecule has 0 atom stereocenters. The lowest BCUT2D eigenvalue weighted by Crippen LogP contribution is -2.32. The predicted octanol–water partition coefficient (Wildman–Crippen LogP) is 4.09. The van der Waals surface area contributed by atoms with Crippen LogP contribution in [0.25, 0.3) is 0 Å². The molecule has 11 heteroatoms. The number of aryl methyl sites for hydroxylation is 1. The van der Waals surface area contributed by atoms with Crippen LogP contribution in [0.1, 0.15) is 63.1 Å². The molecule has 3 aromatic rings. The van der Waals surface area contributed by atoms with Crippen LogP contribution in [0.3, 0.4) is 0 Å². The summed E-state index contributed by atoms with van der Waals surface area (Å²) in [5.74, 6) is -2.68. The zero-order chi connectivity index (χ0) is 26.2. The second kappa shape index (κ2) is 12.1. The molecule has 0 radical (unpaired) electrons. The average molecular weight is 524 g/mol. The minimum Gasteiger partial charge on any atom is -0.462 e. The summed E-state index contributed by atoms with van der Waals surface area (Å²) in [4.78, 5) is 50.4.